The van der Waals surface area contributed by atoms with Crippen LogP contribution in [-0.2, 0) is 18.6 Å². The number of halogens is 4. The molecule has 216 valence electrons. The summed E-state index contributed by atoms with van der Waals surface area (Å²) >= 11 is 0. The number of nitrogens with one attached hydrogen (secondary N) is 1. The van der Waals surface area contributed by atoms with E-state index in [1.54, 1.807) is 19.3 Å². The molecule has 0 spiro atoms. The highest BCUT2D eigenvalue weighted by molar-refractivity contribution is 5.66. The Morgan fingerprint density at radius 3 is 2.51 bits per heavy atom. The van der Waals surface area contributed by atoms with E-state index in [0.29, 0.717) is 11.5 Å². The van der Waals surface area contributed by atoms with Gasteiger partial charge in [0.25, 0.3) is 5.56 Å². The van der Waals surface area contributed by atoms with Gasteiger partial charge in [0.05, 0.1) is 11.0 Å². The van der Waals surface area contributed by atoms with Gasteiger partial charge in [-0.1, -0.05) is 25.1 Å². The zero-order valence-electron chi connectivity index (χ0n) is 23.4. The quantitative estimate of drug-likeness (QED) is 0.291. The van der Waals surface area contributed by atoms with E-state index in [2.05, 4.69) is 27.4 Å². The van der Waals surface area contributed by atoms with E-state index in [1.165, 1.54) is 0 Å². The molecular weight excluding hydrogens is 536 g/mol. The summed E-state index contributed by atoms with van der Waals surface area (Å²) in [6.45, 7) is 5.74. The second kappa shape index (κ2) is 9.47. The molecule has 1 atom stereocenters. The molecule has 3 aromatic heterocycles. The highest BCUT2D eigenvalue weighted by Crippen LogP contribution is 2.51. The number of pyridine rings is 1. The van der Waals surface area contributed by atoms with Gasteiger partial charge < -0.3 is 9.88 Å². The molecule has 2 fully saturated rings. The van der Waals surface area contributed by atoms with Crippen molar-refractivity contribution in [2.75, 3.05) is 0 Å². The van der Waals surface area contributed by atoms with Gasteiger partial charge in [-0.25, -0.2) is 9.37 Å². The highest BCUT2D eigenvalue weighted by atomic mass is 19.4. The maximum atomic E-state index is 15.5. The van der Waals surface area contributed by atoms with E-state index >= 15 is 4.39 Å². The van der Waals surface area contributed by atoms with Crippen molar-refractivity contribution in [1.29, 1.82) is 0 Å². The van der Waals surface area contributed by atoms with Crippen LogP contribution in [0.15, 0.2) is 47.8 Å². The minimum Gasteiger partial charge on any atom is -0.320 e. The molecule has 1 N–H and O–H groups in total. The molecule has 7 nitrogen and oxygen atoms in total. The molecule has 2 saturated carbocycles. The number of hydrogen-bond donors (Lipinski definition) is 1. The van der Waals surface area contributed by atoms with E-state index in [-0.39, 0.29) is 22.1 Å². The molecule has 1 aromatic carbocycles. The summed E-state index contributed by atoms with van der Waals surface area (Å²) in [4.78, 5) is 17.8. The van der Waals surface area contributed by atoms with Crippen molar-refractivity contribution in [3.8, 4) is 11.1 Å². The summed E-state index contributed by atoms with van der Waals surface area (Å²) in [6.07, 6.45) is 3.25. The van der Waals surface area contributed by atoms with E-state index in [0.717, 1.165) is 60.3 Å². The van der Waals surface area contributed by atoms with Gasteiger partial charge in [-0.15, -0.1) is 10.2 Å². The number of rotatable bonds is 6. The first-order valence-electron chi connectivity index (χ1n) is 13.9. The van der Waals surface area contributed by atoms with Gasteiger partial charge >= 0.3 is 6.18 Å². The second-order valence-corrected chi connectivity index (χ2v) is 12.2. The summed E-state index contributed by atoms with van der Waals surface area (Å²) in [7, 11) is 1.89. The Morgan fingerprint density at radius 2 is 1.93 bits per heavy atom. The summed E-state index contributed by atoms with van der Waals surface area (Å²) in [5, 5.41) is 11.7. The van der Waals surface area contributed by atoms with E-state index in [9.17, 15) is 18.0 Å². The minimum atomic E-state index is -5.05. The average molecular weight is 569 g/mol. The molecule has 41 heavy (non-hydrogen) atoms. The zero-order chi connectivity index (χ0) is 29.3. The van der Waals surface area contributed by atoms with Crippen molar-refractivity contribution < 1.29 is 17.6 Å². The number of aromatic nitrogens is 5. The zero-order valence-corrected chi connectivity index (χ0v) is 23.4. The number of benzene rings is 1. The molecular formula is C30H32F4N6O. The minimum absolute atomic E-state index is 0.127. The van der Waals surface area contributed by atoms with Crippen molar-refractivity contribution in [3.05, 3.63) is 81.7 Å². The molecule has 0 amide bonds. The van der Waals surface area contributed by atoms with Crippen LogP contribution in [0.1, 0.15) is 81.4 Å². The lowest BCUT2D eigenvalue weighted by molar-refractivity contribution is -0.139. The Labute approximate surface area is 234 Å². The van der Waals surface area contributed by atoms with E-state index < -0.39 is 34.8 Å². The van der Waals surface area contributed by atoms with Crippen molar-refractivity contribution >= 4 is 5.65 Å². The fraction of sp³-hybridized carbons (Fsp3) is 0.467. The summed E-state index contributed by atoms with van der Waals surface area (Å²) in [6, 6.07) is 6.65. The molecule has 2 aliphatic carbocycles. The smallest absolute Gasteiger partial charge is 0.320 e. The van der Waals surface area contributed by atoms with Crippen LogP contribution < -0.4 is 10.9 Å². The molecule has 0 radical (unpaired) electrons. The van der Waals surface area contributed by atoms with E-state index in [1.807, 2.05) is 36.7 Å². The lowest BCUT2D eigenvalue weighted by atomic mass is 9.58. The molecule has 2 aliphatic rings. The number of nitrogens with zero attached hydrogens (tertiary/aromatic N) is 5. The number of alkyl halides is 3. The molecule has 6 rings (SSSR count). The topological polar surface area (TPSA) is 77.1 Å². The van der Waals surface area contributed by atoms with Crippen molar-refractivity contribution in [2.45, 2.75) is 76.0 Å². The van der Waals surface area contributed by atoms with Crippen LogP contribution in [0.5, 0.6) is 0 Å². The average Bonchev–Trinajstić information content (AvgIpc) is 3.30. The van der Waals surface area contributed by atoms with Gasteiger partial charge in [0.2, 0.25) is 0 Å². The van der Waals surface area contributed by atoms with Crippen LogP contribution in [0.25, 0.3) is 16.8 Å². The second-order valence-electron chi connectivity index (χ2n) is 12.2. The first kappa shape index (κ1) is 27.6. The Bertz CT molecular complexity index is 1700. The molecule has 0 bridgehead atoms. The maximum Gasteiger partial charge on any atom is 0.422 e. The van der Waals surface area contributed by atoms with Crippen LogP contribution in [0, 0.1) is 11.7 Å². The predicted octanol–water partition coefficient (Wildman–Crippen LogP) is 5.96. The molecule has 0 saturated heterocycles. The van der Waals surface area contributed by atoms with Crippen LogP contribution >= 0.6 is 0 Å². The summed E-state index contributed by atoms with van der Waals surface area (Å²) in [5.41, 5.74) is -2.31. The van der Waals surface area contributed by atoms with Crippen LogP contribution in [-0.4, -0.2) is 29.7 Å². The van der Waals surface area contributed by atoms with Gasteiger partial charge in [0, 0.05) is 36.6 Å². The fourth-order valence-electron chi connectivity index (χ4n) is 6.79. The van der Waals surface area contributed by atoms with Gasteiger partial charge in [0.1, 0.15) is 23.5 Å². The Kier molecular flexibility index (Phi) is 6.37. The van der Waals surface area contributed by atoms with Gasteiger partial charge in [-0.3, -0.25) is 9.20 Å². The molecule has 1 unspecified atom stereocenters. The largest absolute Gasteiger partial charge is 0.422 e. The molecule has 4 aromatic rings. The van der Waals surface area contributed by atoms with Gasteiger partial charge in [-0.2, -0.15) is 13.2 Å². The third kappa shape index (κ3) is 4.45. The number of hydrogen-bond acceptors (Lipinski definition) is 5. The normalized spacial score (nSPS) is 22.8. The third-order valence-electron chi connectivity index (χ3n) is 8.99. The Morgan fingerprint density at radius 1 is 1.20 bits per heavy atom. The number of fused-ring (bicyclic) bond motifs is 1. The Hall–Kier alpha value is -3.60. The van der Waals surface area contributed by atoms with Crippen LogP contribution in [0.4, 0.5) is 17.6 Å². The monoisotopic (exact) mass is 568 g/mol. The van der Waals surface area contributed by atoms with Crippen LogP contribution in [0.3, 0.4) is 0 Å². The predicted molar refractivity (Wildman–Crippen MR) is 146 cm³/mol. The van der Waals surface area contributed by atoms with E-state index in [4.69, 9.17) is 0 Å². The third-order valence-corrected chi connectivity index (χ3v) is 8.99. The first-order chi connectivity index (χ1) is 19.3. The Balaban J connectivity index is 1.49. The highest BCUT2D eigenvalue weighted by Gasteiger charge is 2.48. The van der Waals surface area contributed by atoms with Gasteiger partial charge in [0.15, 0.2) is 5.65 Å². The lowest BCUT2D eigenvalue weighted by Crippen LogP contribution is -2.49. The lowest BCUT2D eigenvalue weighted by Gasteiger charge is -2.46. The van der Waals surface area contributed by atoms with Crippen molar-refractivity contribution in [1.82, 2.24) is 29.5 Å². The number of aryl methyl sites for hydroxylation is 1. The van der Waals surface area contributed by atoms with Gasteiger partial charge in [-0.05, 0) is 69.1 Å². The fourth-order valence-corrected chi connectivity index (χ4v) is 6.79. The van der Waals surface area contributed by atoms with Crippen molar-refractivity contribution in [3.63, 3.8) is 0 Å². The van der Waals surface area contributed by atoms with Crippen LogP contribution in [0.2, 0.25) is 0 Å². The van der Waals surface area contributed by atoms with Crippen molar-refractivity contribution in [2.24, 2.45) is 13.0 Å². The standard InChI is InChI=1S/C30H32F4N6O/c1-17-12-29(13-17,27-38-36-16-39(27)4)20-8-5-7-19(11-20)21-14-35-25-23(30(32,33)34)24(31)22(15-40(25)26(21)41)18(2)37-28(3)9-6-10-28/h5,7-8,11,14-18,37H,6,9-10,12-13H2,1-4H3/t17-,18?,29+. The first-order valence-corrected chi connectivity index (χ1v) is 13.9. The molecule has 3 heterocycles. The summed E-state index contributed by atoms with van der Waals surface area (Å²) < 4.78 is 60.8. The molecule has 11 heteroatoms. The SMILES string of the molecule is CC(NC1(C)CCC1)c1cn2c(=O)c(-c3cccc([C@]4(c5nncn5C)C[C@@H](C)C4)c3)cnc2c(C(F)(F)F)c1F. The maximum absolute atomic E-state index is 15.5. The molecule has 0 aliphatic heterocycles. The summed E-state index contributed by atoms with van der Waals surface area (Å²) in [5.74, 6) is -0.125.